The summed E-state index contributed by atoms with van der Waals surface area (Å²) < 4.78 is 18.3. The lowest BCUT2D eigenvalue weighted by Gasteiger charge is -2.43. The van der Waals surface area contributed by atoms with E-state index in [-0.39, 0.29) is 17.3 Å². The maximum atomic E-state index is 13.2. The molecule has 3 aliphatic rings. The molecule has 7 nitrogen and oxygen atoms in total. The van der Waals surface area contributed by atoms with E-state index < -0.39 is 41.7 Å². The molecule has 0 radical (unpaired) electrons. The molecule has 1 amide bonds. The number of fused-ring (bicyclic) bond motifs is 1. The first kappa shape index (κ1) is 24.6. The third kappa shape index (κ3) is 5.11. The fourth-order valence-electron chi connectivity index (χ4n) is 5.04. The number of carbonyl (C=O) groups excluding carboxylic acids is 1. The molecule has 3 rings (SSSR count). The summed E-state index contributed by atoms with van der Waals surface area (Å²) in [4.78, 5) is 15.3. The molecule has 0 aromatic rings. The zero-order valence-corrected chi connectivity index (χ0v) is 20.4. The van der Waals surface area contributed by atoms with Crippen LogP contribution in [-0.2, 0) is 19.0 Å². The number of nitrogens with one attached hydrogen (secondary N) is 1. The van der Waals surface area contributed by atoms with E-state index in [0.29, 0.717) is 5.92 Å². The van der Waals surface area contributed by atoms with E-state index in [1.165, 1.54) is 11.8 Å². The number of thioether (sulfide) groups is 1. The molecule has 3 aliphatic heterocycles. The highest BCUT2D eigenvalue weighted by molar-refractivity contribution is 7.99. The molecule has 30 heavy (non-hydrogen) atoms. The van der Waals surface area contributed by atoms with Crippen molar-refractivity contribution in [3.8, 4) is 0 Å². The minimum absolute atomic E-state index is 0.0289. The number of hydrogen-bond acceptors (Lipinski definition) is 7. The fraction of sp³-hybridized carbons (Fsp3) is 0.952. The number of aliphatic hydroxyl groups excluding tert-OH is 1. The van der Waals surface area contributed by atoms with Gasteiger partial charge in [0.25, 0.3) is 0 Å². The Labute approximate surface area is 189 Å². The molecule has 3 heterocycles. The number of carbonyl (C=O) groups is 1. The van der Waals surface area contributed by atoms with Crippen LogP contribution in [0.3, 0.4) is 0 Å². The number of halogens is 1. The number of likely N-dealkylation sites (N-methyl/N-ethyl adjacent to an activating group) is 1. The molecule has 9 atom stereocenters. The Morgan fingerprint density at radius 1 is 1.37 bits per heavy atom. The van der Waals surface area contributed by atoms with Crippen LogP contribution in [0.15, 0.2) is 0 Å². The molecule has 0 aliphatic carbocycles. The second kappa shape index (κ2) is 9.81. The quantitative estimate of drug-likeness (QED) is 0.559. The lowest BCUT2D eigenvalue weighted by atomic mass is 9.92. The smallest absolute Gasteiger partial charge is 0.237 e. The lowest BCUT2D eigenvalue weighted by Crippen LogP contribution is -2.64. The summed E-state index contributed by atoms with van der Waals surface area (Å²) >= 11 is 7.97. The highest BCUT2D eigenvalue weighted by Crippen LogP contribution is 2.41. The third-order valence-corrected chi connectivity index (χ3v) is 7.54. The number of likely N-dealkylation sites (tertiary alicyclic amines) is 1. The van der Waals surface area contributed by atoms with Crippen LogP contribution in [0.1, 0.15) is 47.0 Å². The summed E-state index contributed by atoms with van der Waals surface area (Å²) in [5.74, 6) is -0.325. The molecule has 3 saturated heterocycles. The van der Waals surface area contributed by atoms with Gasteiger partial charge in [0.15, 0.2) is 5.79 Å². The van der Waals surface area contributed by atoms with E-state index in [4.69, 9.17) is 25.8 Å². The number of nitrogens with zero attached hydrogens (tertiary/aromatic N) is 1. The van der Waals surface area contributed by atoms with Crippen LogP contribution in [0, 0.1) is 5.92 Å². The Hall–Kier alpha value is -0.0900. The number of amides is 1. The number of alkyl halides is 1. The van der Waals surface area contributed by atoms with Crippen molar-refractivity contribution in [3.63, 3.8) is 0 Å². The average Bonchev–Trinajstić information content (AvgIpc) is 3.19. The molecular weight excluding hydrogens is 428 g/mol. The van der Waals surface area contributed by atoms with Crippen molar-refractivity contribution < 1.29 is 24.1 Å². The Balaban J connectivity index is 1.77. The van der Waals surface area contributed by atoms with Gasteiger partial charge in [-0.25, -0.2) is 0 Å². The van der Waals surface area contributed by atoms with Crippen molar-refractivity contribution in [2.24, 2.45) is 5.92 Å². The van der Waals surface area contributed by atoms with E-state index in [1.54, 1.807) is 0 Å². The van der Waals surface area contributed by atoms with Gasteiger partial charge in [0, 0.05) is 6.54 Å². The van der Waals surface area contributed by atoms with Gasteiger partial charge in [-0.15, -0.1) is 23.4 Å². The maximum Gasteiger partial charge on any atom is 0.237 e. The first-order valence-electron chi connectivity index (χ1n) is 10.9. The van der Waals surface area contributed by atoms with Gasteiger partial charge in [-0.05, 0) is 52.8 Å². The lowest BCUT2D eigenvalue weighted by molar-refractivity contribution is -0.168. The predicted octanol–water partition coefficient (Wildman–Crippen LogP) is 2.19. The second-order valence-corrected chi connectivity index (χ2v) is 10.9. The monoisotopic (exact) mass is 464 g/mol. The van der Waals surface area contributed by atoms with Crippen molar-refractivity contribution in [2.75, 3.05) is 19.8 Å². The van der Waals surface area contributed by atoms with Crippen LogP contribution in [0.25, 0.3) is 0 Å². The topological polar surface area (TPSA) is 80.3 Å². The number of rotatable bonds is 7. The minimum atomic E-state index is -0.839. The van der Waals surface area contributed by atoms with Crippen molar-refractivity contribution in [1.82, 2.24) is 10.2 Å². The van der Waals surface area contributed by atoms with Crippen molar-refractivity contribution in [2.45, 2.75) is 100 Å². The molecule has 0 spiro atoms. The van der Waals surface area contributed by atoms with Crippen molar-refractivity contribution in [1.29, 1.82) is 0 Å². The van der Waals surface area contributed by atoms with E-state index >= 15 is 0 Å². The Kier molecular flexibility index (Phi) is 8.03. The Morgan fingerprint density at radius 3 is 2.63 bits per heavy atom. The molecule has 0 aromatic carbocycles. The summed E-state index contributed by atoms with van der Waals surface area (Å²) in [6.45, 7) is 8.61. The number of ether oxygens (including phenoxy) is 3. The van der Waals surface area contributed by atoms with Gasteiger partial charge in [0.2, 0.25) is 5.91 Å². The zero-order valence-electron chi connectivity index (χ0n) is 18.8. The molecule has 0 saturated carbocycles. The van der Waals surface area contributed by atoms with Gasteiger partial charge in [-0.3, -0.25) is 9.69 Å². The van der Waals surface area contributed by atoms with Gasteiger partial charge in [0.05, 0.1) is 17.5 Å². The SMILES string of the molecule is CCC[C@@H]1C[C@@H](C(=O)NC(C(C)Cl)C2OC(SC)C(O)C3OC(C)(C)OC32)N(C)C1. The summed E-state index contributed by atoms with van der Waals surface area (Å²) in [6, 6.07) is -0.636. The van der Waals surface area contributed by atoms with Crippen LogP contribution in [0.5, 0.6) is 0 Å². The molecule has 7 unspecified atom stereocenters. The minimum Gasteiger partial charge on any atom is -0.387 e. The molecule has 0 aromatic heterocycles. The maximum absolute atomic E-state index is 13.2. The normalized spacial score (nSPS) is 40.7. The van der Waals surface area contributed by atoms with Gasteiger partial charge >= 0.3 is 0 Å². The first-order chi connectivity index (χ1) is 14.1. The predicted molar refractivity (Wildman–Crippen MR) is 119 cm³/mol. The van der Waals surface area contributed by atoms with Crippen LogP contribution in [0.2, 0.25) is 0 Å². The summed E-state index contributed by atoms with van der Waals surface area (Å²) in [7, 11) is 2.00. The van der Waals surface area contributed by atoms with Crippen LogP contribution in [-0.4, -0.2) is 88.9 Å². The number of aliphatic hydroxyl groups is 1. The van der Waals surface area contributed by atoms with Crippen molar-refractivity contribution >= 4 is 29.3 Å². The van der Waals surface area contributed by atoms with E-state index in [9.17, 15) is 9.90 Å². The molecule has 0 bridgehead atoms. The summed E-state index contributed by atoms with van der Waals surface area (Å²) in [5.41, 5.74) is -0.480. The zero-order chi connectivity index (χ0) is 22.2. The van der Waals surface area contributed by atoms with E-state index in [0.717, 1.165) is 25.8 Å². The Bertz CT molecular complexity index is 610. The summed E-state index contributed by atoms with van der Waals surface area (Å²) in [5, 5.41) is 13.5. The Morgan fingerprint density at radius 2 is 2.03 bits per heavy atom. The average molecular weight is 465 g/mol. The van der Waals surface area contributed by atoms with Gasteiger partial charge in [0.1, 0.15) is 29.9 Å². The molecule has 3 fully saturated rings. The van der Waals surface area contributed by atoms with E-state index in [1.807, 2.05) is 34.1 Å². The molecule has 2 N–H and O–H groups in total. The molecular formula is C21H37ClN2O5S. The fourth-order valence-corrected chi connectivity index (χ4v) is 5.91. The molecule has 174 valence electrons. The second-order valence-electron chi connectivity index (χ2n) is 9.32. The van der Waals surface area contributed by atoms with Gasteiger partial charge in [-0.1, -0.05) is 13.3 Å². The van der Waals surface area contributed by atoms with Gasteiger partial charge in [-0.2, -0.15) is 0 Å². The third-order valence-electron chi connectivity index (χ3n) is 6.42. The van der Waals surface area contributed by atoms with Crippen LogP contribution < -0.4 is 5.32 Å². The molecule has 9 heteroatoms. The highest BCUT2D eigenvalue weighted by Gasteiger charge is 2.57. The van der Waals surface area contributed by atoms with Gasteiger partial charge < -0.3 is 24.6 Å². The standard InChI is InChI=1S/C21H37ClN2O5S/c1-7-8-12-9-13(24(5)10-12)19(26)23-14(11(2)22)16-18-17(28-21(3,4)29-18)15(25)20(27-16)30-6/h11-18,20,25H,7-10H2,1-6H3,(H,23,26)/t11?,12-,13+,14?,15?,16?,17?,18?,20?/m1/s1. The number of hydrogen-bond donors (Lipinski definition) is 2. The van der Waals surface area contributed by atoms with Crippen molar-refractivity contribution in [3.05, 3.63) is 0 Å². The highest BCUT2D eigenvalue weighted by atomic mass is 35.5. The van der Waals surface area contributed by atoms with Crippen LogP contribution in [0.4, 0.5) is 0 Å². The summed E-state index contributed by atoms with van der Waals surface area (Å²) in [6.07, 6.45) is 2.60. The van der Waals surface area contributed by atoms with E-state index in [2.05, 4.69) is 17.1 Å². The largest absolute Gasteiger partial charge is 0.387 e. The first-order valence-corrected chi connectivity index (χ1v) is 12.7. The van der Waals surface area contributed by atoms with Crippen LogP contribution >= 0.6 is 23.4 Å².